The van der Waals surface area contributed by atoms with Crippen molar-refractivity contribution in [2.75, 3.05) is 18.2 Å². The third kappa shape index (κ3) is 2.56. The number of carbonyl (C=O) groups is 1. The summed E-state index contributed by atoms with van der Waals surface area (Å²) >= 11 is 0. The number of anilines is 2. The van der Waals surface area contributed by atoms with Crippen LogP contribution in [-0.2, 0) is 4.74 Å². The molecule has 0 aliphatic heterocycles. The summed E-state index contributed by atoms with van der Waals surface area (Å²) in [6, 6.07) is 8.15. The van der Waals surface area contributed by atoms with Crippen molar-refractivity contribution in [2.24, 2.45) is 0 Å². The molecular formula is C15H18N4O2. The van der Waals surface area contributed by atoms with Crippen LogP contribution >= 0.6 is 0 Å². The van der Waals surface area contributed by atoms with E-state index < -0.39 is 5.97 Å². The molecule has 6 heteroatoms. The van der Waals surface area contributed by atoms with Gasteiger partial charge >= 0.3 is 5.97 Å². The minimum absolute atomic E-state index is 0.286. The molecule has 0 saturated heterocycles. The highest BCUT2D eigenvalue weighted by Gasteiger charge is 2.29. The molecule has 2 aromatic rings. The molecule has 110 valence electrons. The fourth-order valence-corrected chi connectivity index (χ4v) is 2.14. The highest BCUT2D eigenvalue weighted by molar-refractivity contribution is 6.00. The second-order valence-electron chi connectivity index (χ2n) is 5.27. The number of benzene rings is 1. The van der Waals surface area contributed by atoms with Crippen LogP contribution in [0, 0.1) is 6.92 Å². The highest BCUT2D eigenvalue weighted by atomic mass is 16.5. The molecule has 1 aliphatic carbocycles. The van der Waals surface area contributed by atoms with Gasteiger partial charge in [-0.05, 0) is 31.9 Å². The largest absolute Gasteiger partial charge is 0.465 e. The van der Waals surface area contributed by atoms with Crippen molar-refractivity contribution in [1.29, 1.82) is 0 Å². The predicted octanol–water partition coefficient (Wildman–Crippen LogP) is 2.12. The lowest BCUT2D eigenvalue weighted by molar-refractivity contribution is 0.0603. The number of nitrogens with two attached hydrogens (primary N) is 1. The van der Waals surface area contributed by atoms with E-state index in [-0.39, 0.29) is 5.82 Å². The van der Waals surface area contributed by atoms with Gasteiger partial charge in [0, 0.05) is 6.04 Å². The van der Waals surface area contributed by atoms with Gasteiger partial charge in [-0.25, -0.2) is 9.48 Å². The van der Waals surface area contributed by atoms with Gasteiger partial charge in [0.25, 0.3) is 0 Å². The fourth-order valence-electron chi connectivity index (χ4n) is 2.14. The molecule has 1 heterocycles. The third-order valence-corrected chi connectivity index (χ3v) is 3.51. The van der Waals surface area contributed by atoms with E-state index in [0.717, 1.165) is 24.1 Å². The van der Waals surface area contributed by atoms with E-state index in [2.05, 4.69) is 10.4 Å². The van der Waals surface area contributed by atoms with Crippen LogP contribution < -0.4 is 11.1 Å². The number of hydrogen-bond donors (Lipinski definition) is 2. The Balaban J connectivity index is 2.06. The molecule has 3 N–H and O–H groups in total. The minimum Gasteiger partial charge on any atom is -0.465 e. The zero-order chi connectivity index (χ0) is 15.0. The molecule has 1 fully saturated rings. The van der Waals surface area contributed by atoms with Crippen molar-refractivity contribution in [3.05, 3.63) is 35.4 Å². The van der Waals surface area contributed by atoms with E-state index in [0.29, 0.717) is 17.4 Å². The molecule has 0 atom stereocenters. The van der Waals surface area contributed by atoms with Gasteiger partial charge in [0.15, 0.2) is 5.82 Å². The van der Waals surface area contributed by atoms with Crippen molar-refractivity contribution in [1.82, 2.24) is 9.78 Å². The smallest absolute Gasteiger partial charge is 0.345 e. The van der Waals surface area contributed by atoms with Gasteiger partial charge < -0.3 is 15.8 Å². The standard InChI is InChI=1S/C15H18N4O2/c1-9-3-7-11(8-4-9)19-13(16)12(15(20)21-2)14(18-19)17-10-5-6-10/h3-4,7-8,10H,5-6,16H2,1-2H3,(H,17,18). The molecular weight excluding hydrogens is 268 g/mol. The summed E-state index contributed by atoms with van der Waals surface area (Å²) in [6.07, 6.45) is 2.16. The van der Waals surface area contributed by atoms with Gasteiger partial charge in [0.2, 0.25) is 0 Å². The first-order valence-corrected chi connectivity index (χ1v) is 6.90. The Hall–Kier alpha value is -2.50. The number of aromatic nitrogens is 2. The number of rotatable bonds is 4. The van der Waals surface area contributed by atoms with Crippen LogP contribution in [0.15, 0.2) is 24.3 Å². The number of carbonyl (C=O) groups excluding carboxylic acids is 1. The van der Waals surface area contributed by atoms with Gasteiger partial charge in [-0.3, -0.25) is 0 Å². The van der Waals surface area contributed by atoms with Crippen LogP contribution in [0.1, 0.15) is 28.8 Å². The Morgan fingerprint density at radius 1 is 1.38 bits per heavy atom. The molecule has 1 saturated carbocycles. The Morgan fingerprint density at radius 3 is 2.62 bits per heavy atom. The van der Waals surface area contributed by atoms with Crippen molar-refractivity contribution in [3.63, 3.8) is 0 Å². The summed E-state index contributed by atoms with van der Waals surface area (Å²) in [4.78, 5) is 12.0. The average Bonchev–Trinajstić information content (AvgIpc) is 3.23. The highest BCUT2D eigenvalue weighted by Crippen LogP contribution is 2.30. The molecule has 1 aliphatic rings. The molecule has 0 radical (unpaired) electrons. The number of aryl methyl sites for hydroxylation is 1. The number of nitrogens with zero attached hydrogens (tertiary/aromatic N) is 2. The quantitative estimate of drug-likeness (QED) is 0.841. The third-order valence-electron chi connectivity index (χ3n) is 3.51. The Bertz CT molecular complexity index is 672. The summed E-state index contributed by atoms with van der Waals surface area (Å²) in [7, 11) is 1.34. The van der Waals surface area contributed by atoms with Crippen LogP contribution in [0.2, 0.25) is 0 Å². The zero-order valence-corrected chi connectivity index (χ0v) is 12.1. The minimum atomic E-state index is -0.478. The summed E-state index contributed by atoms with van der Waals surface area (Å²) < 4.78 is 6.38. The SMILES string of the molecule is COC(=O)c1c(NC2CC2)nn(-c2ccc(C)cc2)c1N. The average molecular weight is 286 g/mol. The second-order valence-corrected chi connectivity index (χ2v) is 5.27. The molecule has 6 nitrogen and oxygen atoms in total. The van der Waals surface area contributed by atoms with Gasteiger partial charge in [0.1, 0.15) is 11.4 Å². The maximum atomic E-state index is 12.0. The first kappa shape index (κ1) is 13.5. The fraction of sp³-hybridized carbons (Fsp3) is 0.333. The first-order valence-electron chi connectivity index (χ1n) is 6.90. The zero-order valence-electron chi connectivity index (χ0n) is 12.1. The van der Waals surface area contributed by atoms with Crippen molar-refractivity contribution in [2.45, 2.75) is 25.8 Å². The van der Waals surface area contributed by atoms with E-state index >= 15 is 0 Å². The molecule has 0 unspecified atom stereocenters. The predicted molar refractivity (Wildman–Crippen MR) is 80.7 cm³/mol. The normalized spacial score (nSPS) is 14.0. The molecule has 0 spiro atoms. The van der Waals surface area contributed by atoms with Crippen LogP contribution in [0.3, 0.4) is 0 Å². The summed E-state index contributed by atoms with van der Waals surface area (Å²) in [5.41, 5.74) is 8.36. The number of hydrogen-bond acceptors (Lipinski definition) is 5. The van der Waals surface area contributed by atoms with Crippen LogP contribution in [0.25, 0.3) is 5.69 Å². The van der Waals surface area contributed by atoms with E-state index in [9.17, 15) is 4.79 Å². The Kier molecular flexibility index (Phi) is 3.29. The van der Waals surface area contributed by atoms with Crippen molar-refractivity contribution in [3.8, 4) is 5.69 Å². The number of nitrogens with one attached hydrogen (secondary N) is 1. The maximum Gasteiger partial charge on any atom is 0.345 e. The van der Waals surface area contributed by atoms with Gasteiger partial charge in [-0.2, -0.15) is 0 Å². The Labute approximate surface area is 122 Å². The van der Waals surface area contributed by atoms with E-state index in [4.69, 9.17) is 10.5 Å². The van der Waals surface area contributed by atoms with E-state index in [1.165, 1.54) is 7.11 Å². The lowest BCUT2D eigenvalue weighted by Gasteiger charge is -2.04. The van der Waals surface area contributed by atoms with Gasteiger partial charge in [0.05, 0.1) is 12.8 Å². The molecule has 21 heavy (non-hydrogen) atoms. The number of ether oxygens (including phenoxy) is 1. The first-order chi connectivity index (χ1) is 10.1. The lowest BCUT2D eigenvalue weighted by Crippen LogP contribution is -2.10. The number of esters is 1. The Morgan fingerprint density at radius 2 is 2.05 bits per heavy atom. The molecule has 1 aromatic heterocycles. The molecule has 1 aromatic carbocycles. The second kappa shape index (κ2) is 5.12. The van der Waals surface area contributed by atoms with E-state index in [1.807, 2.05) is 31.2 Å². The monoisotopic (exact) mass is 286 g/mol. The van der Waals surface area contributed by atoms with Crippen molar-refractivity contribution >= 4 is 17.6 Å². The van der Waals surface area contributed by atoms with Gasteiger partial charge in [-0.15, -0.1) is 5.10 Å². The lowest BCUT2D eigenvalue weighted by atomic mass is 10.2. The summed E-state index contributed by atoms with van der Waals surface area (Å²) in [6.45, 7) is 2.01. The van der Waals surface area contributed by atoms with E-state index in [1.54, 1.807) is 4.68 Å². The number of nitrogen functional groups attached to an aromatic ring is 1. The maximum absolute atomic E-state index is 12.0. The summed E-state index contributed by atoms with van der Waals surface area (Å²) in [5, 5.41) is 7.67. The van der Waals surface area contributed by atoms with Crippen molar-refractivity contribution < 1.29 is 9.53 Å². The molecule has 3 rings (SSSR count). The summed E-state index contributed by atoms with van der Waals surface area (Å²) in [5.74, 6) is 0.297. The van der Waals surface area contributed by atoms with Crippen LogP contribution in [-0.4, -0.2) is 28.9 Å². The molecule has 0 amide bonds. The topological polar surface area (TPSA) is 82.2 Å². The van der Waals surface area contributed by atoms with Crippen LogP contribution in [0.4, 0.5) is 11.6 Å². The number of methoxy groups -OCH3 is 1. The van der Waals surface area contributed by atoms with Crippen LogP contribution in [0.5, 0.6) is 0 Å². The molecule has 0 bridgehead atoms. The van der Waals surface area contributed by atoms with Gasteiger partial charge in [-0.1, -0.05) is 17.7 Å².